The Balaban J connectivity index is 1.99. The van der Waals surface area contributed by atoms with E-state index in [1.54, 1.807) is 0 Å². The summed E-state index contributed by atoms with van der Waals surface area (Å²) in [5.74, 6) is 0. The van der Waals surface area contributed by atoms with Gasteiger partial charge in [0.15, 0.2) is 0 Å². The van der Waals surface area contributed by atoms with Crippen molar-refractivity contribution >= 4 is 0 Å². The van der Waals surface area contributed by atoms with Gasteiger partial charge in [0.05, 0.1) is 6.07 Å². The zero-order chi connectivity index (χ0) is 10.9. The van der Waals surface area contributed by atoms with Crippen LogP contribution in [0, 0.1) is 11.3 Å². The molecule has 0 aromatic carbocycles. The Hall–Kier alpha value is -0.590. The molecule has 84 valence electrons. The highest BCUT2D eigenvalue weighted by molar-refractivity contribution is 5.16. The van der Waals surface area contributed by atoms with E-state index >= 15 is 0 Å². The lowest BCUT2D eigenvalue weighted by Gasteiger charge is -2.23. The highest BCUT2D eigenvalue weighted by Crippen LogP contribution is 2.36. The number of nitrogens with zero attached hydrogens (tertiary/aromatic N) is 2. The van der Waals surface area contributed by atoms with E-state index in [1.807, 2.05) is 0 Å². The Labute approximate surface area is 92.4 Å². The van der Waals surface area contributed by atoms with Crippen molar-refractivity contribution in [3.8, 4) is 6.07 Å². The lowest BCUT2D eigenvalue weighted by molar-refractivity contribution is 0.250. The minimum absolute atomic E-state index is 0.266. The third-order valence-corrected chi connectivity index (χ3v) is 3.61. The van der Waals surface area contributed by atoms with Gasteiger partial charge in [-0.15, -0.1) is 0 Å². The van der Waals surface area contributed by atoms with E-state index < -0.39 is 0 Å². The average Bonchev–Trinajstić information content (AvgIpc) is 3.02. The standard InChI is InChI=1S/C12H21N3/c1-3-6-14-12(8-13)7-10(2)15(9-12)11-4-5-11/h10-11,14H,3-7,9H2,1-2H3. The minimum atomic E-state index is -0.266. The van der Waals surface area contributed by atoms with Gasteiger partial charge in [-0.1, -0.05) is 6.92 Å². The molecular weight excluding hydrogens is 186 g/mol. The van der Waals surface area contributed by atoms with Gasteiger partial charge >= 0.3 is 0 Å². The predicted molar refractivity (Wildman–Crippen MR) is 60.4 cm³/mol. The van der Waals surface area contributed by atoms with Crippen LogP contribution in [0.1, 0.15) is 39.5 Å². The summed E-state index contributed by atoms with van der Waals surface area (Å²) in [4.78, 5) is 2.52. The molecule has 0 bridgehead atoms. The number of nitrogens with one attached hydrogen (secondary N) is 1. The molecule has 0 aromatic heterocycles. The van der Waals surface area contributed by atoms with Gasteiger partial charge in [-0.3, -0.25) is 10.2 Å². The summed E-state index contributed by atoms with van der Waals surface area (Å²) < 4.78 is 0. The zero-order valence-electron chi connectivity index (χ0n) is 9.79. The van der Waals surface area contributed by atoms with E-state index in [0.717, 1.165) is 32.0 Å². The van der Waals surface area contributed by atoms with Crippen LogP contribution in [0.3, 0.4) is 0 Å². The van der Waals surface area contributed by atoms with Crippen LogP contribution in [-0.2, 0) is 0 Å². The van der Waals surface area contributed by atoms with Gasteiger partial charge < -0.3 is 0 Å². The fourth-order valence-corrected chi connectivity index (χ4v) is 2.66. The zero-order valence-corrected chi connectivity index (χ0v) is 9.79. The number of hydrogen-bond acceptors (Lipinski definition) is 3. The van der Waals surface area contributed by atoms with Crippen LogP contribution in [0.25, 0.3) is 0 Å². The highest BCUT2D eigenvalue weighted by atomic mass is 15.3. The van der Waals surface area contributed by atoms with Crippen LogP contribution in [0.5, 0.6) is 0 Å². The fourth-order valence-electron chi connectivity index (χ4n) is 2.66. The Morgan fingerprint density at radius 1 is 1.53 bits per heavy atom. The molecule has 2 fully saturated rings. The molecular formula is C12H21N3. The second-order valence-electron chi connectivity index (χ2n) is 5.08. The largest absolute Gasteiger partial charge is 0.298 e. The molecule has 1 heterocycles. The first-order valence-corrected chi connectivity index (χ1v) is 6.13. The molecule has 0 spiro atoms. The van der Waals surface area contributed by atoms with E-state index in [1.165, 1.54) is 12.8 Å². The number of likely N-dealkylation sites (tertiary alicyclic amines) is 1. The molecule has 1 aliphatic heterocycles. The van der Waals surface area contributed by atoms with Crippen LogP contribution in [0.15, 0.2) is 0 Å². The molecule has 1 N–H and O–H groups in total. The average molecular weight is 207 g/mol. The summed E-state index contributed by atoms with van der Waals surface area (Å²) in [5.41, 5.74) is -0.266. The van der Waals surface area contributed by atoms with Crippen molar-refractivity contribution in [3.63, 3.8) is 0 Å². The lowest BCUT2D eigenvalue weighted by atomic mass is 9.98. The van der Waals surface area contributed by atoms with Gasteiger partial charge in [0.25, 0.3) is 0 Å². The predicted octanol–water partition coefficient (Wildman–Crippen LogP) is 1.50. The molecule has 2 atom stereocenters. The number of hydrogen-bond donors (Lipinski definition) is 1. The quantitative estimate of drug-likeness (QED) is 0.759. The van der Waals surface area contributed by atoms with Crippen molar-refractivity contribution in [1.82, 2.24) is 10.2 Å². The molecule has 3 heteroatoms. The van der Waals surface area contributed by atoms with Gasteiger partial charge in [-0.25, -0.2) is 0 Å². The van der Waals surface area contributed by atoms with E-state index in [4.69, 9.17) is 0 Å². The van der Waals surface area contributed by atoms with Crippen molar-refractivity contribution < 1.29 is 0 Å². The molecule has 1 saturated heterocycles. The van der Waals surface area contributed by atoms with Crippen molar-refractivity contribution in [2.45, 2.75) is 57.2 Å². The molecule has 2 unspecified atom stereocenters. The first-order chi connectivity index (χ1) is 7.21. The molecule has 0 aromatic rings. The molecule has 2 aliphatic rings. The van der Waals surface area contributed by atoms with E-state index in [2.05, 4.69) is 30.1 Å². The Morgan fingerprint density at radius 2 is 2.27 bits per heavy atom. The van der Waals surface area contributed by atoms with Crippen molar-refractivity contribution in [2.24, 2.45) is 0 Å². The summed E-state index contributed by atoms with van der Waals surface area (Å²) in [7, 11) is 0. The van der Waals surface area contributed by atoms with Crippen LogP contribution in [-0.4, -0.2) is 35.6 Å². The minimum Gasteiger partial charge on any atom is -0.298 e. The molecule has 1 saturated carbocycles. The SMILES string of the molecule is CCCNC1(C#N)CC(C)N(C2CC2)C1. The smallest absolute Gasteiger partial charge is 0.121 e. The first-order valence-electron chi connectivity index (χ1n) is 6.13. The number of nitriles is 1. The van der Waals surface area contributed by atoms with Crippen molar-refractivity contribution in [1.29, 1.82) is 5.26 Å². The third kappa shape index (κ3) is 2.16. The van der Waals surface area contributed by atoms with E-state index in [9.17, 15) is 5.26 Å². The summed E-state index contributed by atoms with van der Waals surface area (Å²) in [6.45, 7) is 6.29. The Morgan fingerprint density at radius 3 is 2.80 bits per heavy atom. The molecule has 15 heavy (non-hydrogen) atoms. The highest BCUT2D eigenvalue weighted by Gasteiger charge is 2.46. The van der Waals surface area contributed by atoms with Crippen LogP contribution >= 0.6 is 0 Å². The summed E-state index contributed by atoms with van der Waals surface area (Å²) in [6, 6.07) is 3.85. The monoisotopic (exact) mass is 207 g/mol. The first kappa shape index (κ1) is 10.9. The molecule has 1 aliphatic carbocycles. The van der Waals surface area contributed by atoms with Gasteiger partial charge in [0, 0.05) is 18.6 Å². The van der Waals surface area contributed by atoms with E-state index in [0.29, 0.717) is 6.04 Å². The lowest BCUT2D eigenvalue weighted by Crippen LogP contribution is -2.46. The van der Waals surface area contributed by atoms with Gasteiger partial charge in [-0.05, 0) is 39.2 Å². The Bertz CT molecular complexity index is 267. The van der Waals surface area contributed by atoms with Crippen LogP contribution in [0.4, 0.5) is 0 Å². The Kier molecular flexibility index (Phi) is 2.99. The van der Waals surface area contributed by atoms with Crippen LogP contribution in [0.2, 0.25) is 0 Å². The second kappa shape index (κ2) is 4.11. The van der Waals surface area contributed by atoms with Gasteiger partial charge in [0.2, 0.25) is 0 Å². The summed E-state index contributed by atoms with van der Waals surface area (Å²) in [5, 5.41) is 12.8. The van der Waals surface area contributed by atoms with E-state index in [-0.39, 0.29) is 5.54 Å². The molecule has 3 nitrogen and oxygen atoms in total. The molecule has 0 radical (unpaired) electrons. The molecule has 2 rings (SSSR count). The fraction of sp³-hybridized carbons (Fsp3) is 0.917. The van der Waals surface area contributed by atoms with Crippen molar-refractivity contribution in [2.75, 3.05) is 13.1 Å². The van der Waals surface area contributed by atoms with Gasteiger partial charge in [-0.2, -0.15) is 5.26 Å². The third-order valence-electron chi connectivity index (χ3n) is 3.61. The maximum Gasteiger partial charge on any atom is 0.121 e. The normalized spacial score (nSPS) is 36.7. The summed E-state index contributed by atoms with van der Waals surface area (Å²) >= 11 is 0. The topological polar surface area (TPSA) is 39.1 Å². The maximum absolute atomic E-state index is 9.34. The molecule has 0 amide bonds. The maximum atomic E-state index is 9.34. The van der Waals surface area contributed by atoms with Gasteiger partial charge in [0.1, 0.15) is 5.54 Å². The van der Waals surface area contributed by atoms with Crippen LogP contribution < -0.4 is 5.32 Å². The summed E-state index contributed by atoms with van der Waals surface area (Å²) in [6.07, 6.45) is 4.75. The second-order valence-corrected chi connectivity index (χ2v) is 5.08. The van der Waals surface area contributed by atoms with Crippen molar-refractivity contribution in [3.05, 3.63) is 0 Å². The number of rotatable bonds is 4.